The zero-order chi connectivity index (χ0) is 23.6. The van der Waals surface area contributed by atoms with Crippen molar-refractivity contribution in [3.05, 3.63) is 95.0 Å². The van der Waals surface area contributed by atoms with Gasteiger partial charge in [-0.15, -0.1) is 0 Å². The molecule has 3 aromatic carbocycles. The van der Waals surface area contributed by atoms with Gasteiger partial charge in [0.15, 0.2) is 6.61 Å². The Kier molecular flexibility index (Phi) is 8.72. The molecule has 0 aromatic heterocycles. The smallest absolute Gasteiger partial charge is 0.261 e. The molecule has 0 saturated carbocycles. The van der Waals surface area contributed by atoms with Crippen molar-refractivity contribution in [2.45, 2.75) is 26.1 Å². The van der Waals surface area contributed by atoms with Gasteiger partial charge in [0.2, 0.25) is 5.91 Å². The van der Waals surface area contributed by atoms with Crippen LogP contribution in [0.2, 0.25) is 5.02 Å². The Morgan fingerprint density at radius 3 is 2.18 bits per heavy atom. The molecule has 0 spiro atoms. The molecule has 1 unspecified atom stereocenters. The van der Waals surface area contributed by atoms with Crippen LogP contribution in [-0.2, 0) is 22.7 Å². The third kappa shape index (κ3) is 7.26. The summed E-state index contributed by atoms with van der Waals surface area (Å²) in [4.78, 5) is 27.5. The lowest BCUT2D eigenvalue weighted by Gasteiger charge is -2.28. The van der Waals surface area contributed by atoms with Crippen molar-refractivity contribution in [3.8, 4) is 11.5 Å². The van der Waals surface area contributed by atoms with E-state index in [9.17, 15) is 9.59 Å². The Hall–Kier alpha value is -3.51. The highest BCUT2D eigenvalue weighted by molar-refractivity contribution is 6.30. The second kappa shape index (κ2) is 11.9. The molecule has 6 nitrogen and oxygen atoms in total. The molecule has 172 valence electrons. The van der Waals surface area contributed by atoms with E-state index in [4.69, 9.17) is 21.1 Å². The normalized spacial score (nSPS) is 11.4. The van der Waals surface area contributed by atoms with Gasteiger partial charge in [0.05, 0.1) is 7.11 Å². The lowest BCUT2D eigenvalue weighted by Crippen LogP contribution is -2.48. The van der Waals surface area contributed by atoms with Crippen LogP contribution < -0.4 is 14.8 Å². The van der Waals surface area contributed by atoms with Crippen molar-refractivity contribution in [1.29, 1.82) is 0 Å². The monoisotopic (exact) mass is 466 g/mol. The number of carbonyl (C=O) groups excluding carboxylic acids is 2. The number of rotatable bonds is 10. The van der Waals surface area contributed by atoms with Crippen molar-refractivity contribution < 1.29 is 19.1 Å². The molecular weight excluding hydrogens is 440 g/mol. The average molecular weight is 467 g/mol. The maximum atomic E-state index is 13.1. The lowest BCUT2D eigenvalue weighted by atomic mass is 10.1. The minimum absolute atomic E-state index is 0.173. The number of carbonyl (C=O) groups is 2. The average Bonchev–Trinajstić information content (AvgIpc) is 2.86. The first-order chi connectivity index (χ1) is 16.0. The highest BCUT2D eigenvalue weighted by Crippen LogP contribution is 2.16. The number of benzene rings is 3. The van der Waals surface area contributed by atoms with Crippen molar-refractivity contribution in [1.82, 2.24) is 10.2 Å². The number of nitrogens with zero attached hydrogens (tertiary/aromatic N) is 1. The molecular formula is C26H27ClN2O4. The Morgan fingerprint density at radius 2 is 1.55 bits per heavy atom. The standard InChI is InChI=1S/C26H27ClN2O4/c1-19(26(31)28-16-20-10-14-23(32-2)15-11-20)29(17-21-8-12-22(27)13-9-21)25(30)18-33-24-6-4-3-5-7-24/h3-15,19H,16-18H2,1-2H3,(H,28,31). The maximum absolute atomic E-state index is 13.1. The van der Waals surface area contributed by atoms with Crippen LogP contribution in [0, 0.1) is 0 Å². The Bertz CT molecular complexity index is 1040. The van der Waals surface area contributed by atoms with Crippen molar-refractivity contribution in [2.75, 3.05) is 13.7 Å². The molecule has 0 bridgehead atoms. The van der Waals surface area contributed by atoms with Gasteiger partial charge in [0, 0.05) is 18.1 Å². The van der Waals surface area contributed by atoms with E-state index in [2.05, 4.69) is 5.32 Å². The number of para-hydroxylation sites is 1. The van der Waals surface area contributed by atoms with E-state index in [1.807, 2.05) is 54.6 Å². The van der Waals surface area contributed by atoms with E-state index < -0.39 is 6.04 Å². The molecule has 0 heterocycles. The molecule has 0 aliphatic carbocycles. The Labute approximate surface area is 199 Å². The second-order valence-corrected chi connectivity index (χ2v) is 7.93. The minimum Gasteiger partial charge on any atom is -0.497 e. The van der Waals surface area contributed by atoms with Gasteiger partial charge >= 0.3 is 0 Å². The summed E-state index contributed by atoms with van der Waals surface area (Å²) in [5.74, 6) is 0.791. The summed E-state index contributed by atoms with van der Waals surface area (Å²) in [6.45, 7) is 2.13. The molecule has 33 heavy (non-hydrogen) atoms. The topological polar surface area (TPSA) is 67.9 Å². The van der Waals surface area contributed by atoms with Gasteiger partial charge in [-0.3, -0.25) is 9.59 Å². The number of nitrogens with one attached hydrogen (secondary N) is 1. The maximum Gasteiger partial charge on any atom is 0.261 e. The van der Waals surface area contributed by atoms with Crippen LogP contribution in [0.25, 0.3) is 0 Å². The third-order valence-electron chi connectivity index (χ3n) is 5.16. The quantitative estimate of drug-likeness (QED) is 0.479. The predicted molar refractivity (Wildman–Crippen MR) is 128 cm³/mol. The molecule has 1 N–H and O–H groups in total. The van der Waals surface area contributed by atoms with Crippen LogP contribution in [0.3, 0.4) is 0 Å². The van der Waals surface area contributed by atoms with Gasteiger partial charge < -0.3 is 19.7 Å². The van der Waals surface area contributed by atoms with Crippen LogP contribution in [-0.4, -0.2) is 36.5 Å². The number of amides is 2. The molecule has 3 aromatic rings. The summed E-state index contributed by atoms with van der Waals surface area (Å²) >= 11 is 5.99. The van der Waals surface area contributed by atoms with Gasteiger partial charge in [0.1, 0.15) is 17.5 Å². The van der Waals surface area contributed by atoms with Crippen LogP contribution in [0.5, 0.6) is 11.5 Å². The second-order valence-electron chi connectivity index (χ2n) is 7.49. The molecule has 0 radical (unpaired) electrons. The largest absolute Gasteiger partial charge is 0.497 e. The highest BCUT2D eigenvalue weighted by atomic mass is 35.5. The molecule has 1 atom stereocenters. The van der Waals surface area contributed by atoms with Crippen molar-refractivity contribution >= 4 is 23.4 Å². The molecule has 2 amide bonds. The molecule has 0 saturated heterocycles. The Balaban J connectivity index is 1.67. The number of hydrogen-bond acceptors (Lipinski definition) is 4. The summed E-state index contributed by atoms with van der Waals surface area (Å²) in [6.07, 6.45) is 0. The zero-order valence-corrected chi connectivity index (χ0v) is 19.4. The van der Waals surface area contributed by atoms with E-state index >= 15 is 0 Å². The van der Waals surface area contributed by atoms with E-state index in [1.165, 1.54) is 4.90 Å². The molecule has 0 fully saturated rings. The van der Waals surface area contributed by atoms with E-state index in [-0.39, 0.29) is 25.0 Å². The van der Waals surface area contributed by atoms with Gasteiger partial charge in [-0.25, -0.2) is 0 Å². The fourth-order valence-electron chi connectivity index (χ4n) is 3.19. The van der Waals surface area contributed by atoms with Gasteiger partial charge in [-0.1, -0.05) is 54.1 Å². The van der Waals surface area contributed by atoms with Crippen LogP contribution in [0.15, 0.2) is 78.9 Å². The van der Waals surface area contributed by atoms with Gasteiger partial charge in [-0.05, 0) is 54.4 Å². The van der Waals surface area contributed by atoms with Crippen LogP contribution in [0.4, 0.5) is 0 Å². The first-order valence-corrected chi connectivity index (χ1v) is 11.0. The highest BCUT2D eigenvalue weighted by Gasteiger charge is 2.26. The third-order valence-corrected chi connectivity index (χ3v) is 5.42. The molecule has 3 rings (SSSR count). The first kappa shape index (κ1) is 24.1. The number of ether oxygens (including phenoxy) is 2. The molecule has 0 aliphatic heterocycles. The van der Waals surface area contributed by atoms with E-state index in [0.29, 0.717) is 17.3 Å². The summed E-state index contributed by atoms with van der Waals surface area (Å²) in [5, 5.41) is 3.51. The van der Waals surface area contributed by atoms with Crippen molar-refractivity contribution in [2.24, 2.45) is 0 Å². The molecule has 7 heteroatoms. The molecule has 0 aliphatic rings. The van der Waals surface area contributed by atoms with Gasteiger partial charge in [0.25, 0.3) is 5.91 Å². The first-order valence-electron chi connectivity index (χ1n) is 10.6. The fraction of sp³-hybridized carbons (Fsp3) is 0.231. The fourth-order valence-corrected chi connectivity index (χ4v) is 3.32. The number of halogens is 1. The number of hydrogen-bond donors (Lipinski definition) is 1. The van der Waals surface area contributed by atoms with E-state index in [0.717, 1.165) is 16.9 Å². The Morgan fingerprint density at radius 1 is 0.909 bits per heavy atom. The summed E-state index contributed by atoms with van der Waals surface area (Å²) < 4.78 is 10.8. The van der Waals surface area contributed by atoms with Gasteiger partial charge in [-0.2, -0.15) is 0 Å². The van der Waals surface area contributed by atoms with Crippen molar-refractivity contribution in [3.63, 3.8) is 0 Å². The number of methoxy groups -OCH3 is 1. The minimum atomic E-state index is -0.703. The zero-order valence-electron chi connectivity index (χ0n) is 18.7. The van der Waals surface area contributed by atoms with E-state index in [1.54, 1.807) is 38.3 Å². The van der Waals surface area contributed by atoms with Crippen LogP contribution in [0.1, 0.15) is 18.1 Å². The van der Waals surface area contributed by atoms with Crippen LogP contribution >= 0.6 is 11.6 Å². The SMILES string of the molecule is COc1ccc(CNC(=O)C(C)N(Cc2ccc(Cl)cc2)C(=O)COc2ccccc2)cc1. The predicted octanol–water partition coefficient (Wildman–Crippen LogP) is 4.46. The lowest BCUT2D eigenvalue weighted by molar-refractivity contribution is -0.142. The summed E-state index contributed by atoms with van der Waals surface area (Å²) in [6, 6.07) is 23.0. The summed E-state index contributed by atoms with van der Waals surface area (Å²) in [5.41, 5.74) is 1.79. The summed E-state index contributed by atoms with van der Waals surface area (Å²) in [7, 11) is 1.60.